The molecule has 0 aliphatic carbocycles. The van der Waals surface area contributed by atoms with Gasteiger partial charge in [0.1, 0.15) is 0 Å². The maximum atomic E-state index is 12.4. The minimum Gasteiger partial charge on any atom is -0.466 e. The summed E-state index contributed by atoms with van der Waals surface area (Å²) < 4.78 is 5.42. The van der Waals surface area contributed by atoms with E-state index in [-0.39, 0.29) is 18.5 Å². The first kappa shape index (κ1) is 49.3. The van der Waals surface area contributed by atoms with Crippen LogP contribution >= 0.6 is 0 Å². The largest absolute Gasteiger partial charge is 0.466 e. The van der Waals surface area contributed by atoms with Crippen LogP contribution in [0.15, 0.2) is 24.3 Å². The Kier molecular flexibility index (Phi) is 39.8. The van der Waals surface area contributed by atoms with Crippen molar-refractivity contribution in [3.05, 3.63) is 24.3 Å². The lowest BCUT2D eigenvalue weighted by Gasteiger charge is -2.20. The molecule has 0 heterocycles. The number of allylic oxidation sites excluding steroid dienone is 3. The Balaban J connectivity index is 3.55. The molecule has 0 aromatic rings. The predicted molar refractivity (Wildman–Crippen MR) is 218 cm³/mol. The average Bonchev–Trinajstić information content (AvgIpc) is 3.13. The first-order chi connectivity index (χ1) is 25.0. The highest BCUT2D eigenvalue weighted by atomic mass is 16.5. The number of carbonyl (C=O) groups excluding carboxylic acids is 2. The van der Waals surface area contributed by atoms with Gasteiger partial charge in [-0.05, 0) is 57.8 Å². The lowest BCUT2D eigenvalue weighted by molar-refractivity contribution is -0.143. The smallest absolute Gasteiger partial charge is 0.305 e. The summed E-state index contributed by atoms with van der Waals surface area (Å²) in [4.78, 5) is 24.3. The van der Waals surface area contributed by atoms with Crippen LogP contribution in [0.4, 0.5) is 0 Å². The van der Waals surface area contributed by atoms with Crippen LogP contribution in [0, 0.1) is 0 Å². The van der Waals surface area contributed by atoms with Gasteiger partial charge in [0.25, 0.3) is 0 Å². The van der Waals surface area contributed by atoms with E-state index in [2.05, 4.69) is 31.3 Å². The summed E-state index contributed by atoms with van der Waals surface area (Å²) in [5.74, 6) is -0.136. The minimum atomic E-state index is -0.860. The van der Waals surface area contributed by atoms with Crippen LogP contribution in [0.25, 0.3) is 0 Å². The fourth-order valence-electron chi connectivity index (χ4n) is 6.51. The molecule has 0 spiro atoms. The molecule has 2 unspecified atom stereocenters. The Bertz CT molecular complexity index is 797. The van der Waals surface area contributed by atoms with Crippen molar-refractivity contribution in [3.8, 4) is 0 Å². The highest BCUT2D eigenvalue weighted by Gasteiger charge is 2.18. The standard InChI is InChI=1S/C45H85NO5/c1-3-5-7-9-11-13-15-17-19-23-27-31-35-39-45(50)51-40-36-32-28-24-20-22-26-30-34-38-44(49)46-42(41-47)43(48)37-33-29-25-21-18-16-14-12-10-8-6-4-2/h13,15,33,37,42-43,47-48H,3-12,14,16-32,34-36,38-41H2,1-2H3,(H,46,49)/b15-13-,37-33+. The third-order valence-corrected chi connectivity index (χ3v) is 9.97. The van der Waals surface area contributed by atoms with E-state index in [1.54, 1.807) is 6.08 Å². The van der Waals surface area contributed by atoms with E-state index in [1.165, 1.54) is 141 Å². The fraction of sp³-hybridized carbons (Fsp3) is 0.867. The maximum absolute atomic E-state index is 12.4. The first-order valence-corrected chi connectivity index (χ1v) is 22.1. The number of hydrogen-bond acceptors (Lipinski definition) is 5. The molecule has 6 heteroatoms. The van der Waals surface area contributed by atoms with Crippen molar-refractivity contribution in [2.75, 3.05) is 13.2 Å². The van der Waals surface area contributed by atoms with E-state index in [4.69, 9.17) is 4.74 Å². The third-order valence-electron chi connectivity index (χ3n) is 9.97. The molecule has 0 aliphatic heterocycles. The van der Waals surface area contributed by atoms with E-state index in [1.807, 2.05) is 6.08 Å². The lowest BCUT2D eigenvalue weighted by atomic mass is 10.0. The van der Waals surface area contributed by atoms with Gasteiger partial charge in [0.05, 0.1) is 25.4 Å². The van der Waals surface area contributed by atoms with Crippen LogP contribution in [0.5, 0.6) is 0 Å². The number of hydrogen-bond donors (Lipinski definition) is 3. The Morgan fingerprint density at radius 3 is 1.41 bits per heavy atom. The number of esters is 1. The Morgan fingerprint density at radius 2 is 0.922 bits per heavy atom. The predicted octanol–water partition coefficient (Wildman–Crippen LogP) is 12.4. The molecule has 2 atom stereocenters. The van der Waals surface area contributed by atoms with Gasteiger partial charge in [-0.3, -0.25) is 9.59 Å². The van der Waals surface area contributed by atoms with Gasteiger partial charge in [-0.1, -0.05) is 179 Å². The molecule has 6 nitrogen and oxygen atoms in total. The molecule has 0 aromatic carbocycles. The van der Waals surface area contributed by atoms with Crippen LogP contribution in [-0.4, -0.2) is 47.4 Å². The van der Waals surface area contributed by atoms with Crippen molar-refractivity contribution in [2.45, 2.75) is 238 Å². The molecule has 300 valence electrons. The molecule has 0 fully saturated rings. The van der Waals surface area contributed by atoms with Crippen LogP contribution in [0.1, 0.15) is 226 Å². The maximum Gasteiger partial charge on any atom is 0.305 e. The number of ether oxygens (including phenoxy) is 1. The summed E-state index contributed by atoms with van der Waals surface area (Å²) in [6.45, 7) is 4.79. The van der Waals surface area contributed by atoms with Gasteiger partial charge in [-0.15, -0.1) is 0 Å². The lowest BCUT2D eigenvalue weighted by Crippen LogP contribution is -2.45. The van der Waals surface area contributed by atoms with Crippen molar-refractivity contribution in [1.29, 1.82) is 0 Å². The van der Waals surface area contributed by atoms with Crippen molar-refractivity contribution >= 4 is 11.9 Å². The number of carbonyl (C=O) groups is 2. The molecule has 0 aliphatic rings. The highest BCUT2D eigenvalue weighted by Crippen LogP contribution is 2.14. The van der Waals surface area contributed by atoms with Crippen molar-refractivity contribution in [2.24, 2.45) is 0 Å². The van der Waals surface area contributed by atoms with Gasteiger partial charge in [0.2, 0.25) is 5.91 Å². The summed E-state index contributed by atoms with van der Waals surface area (Å²) in [7, 11) is 0. The van der Waals surface area contributed by atoms with E-state index in [0.717, 1.165) is 57.8 Å². The zero-order chi connectivity index (χ0) is 37.3. The molecule has 0 saturated carbocycles. The number of aliphatic hydroxyl groups excluding tert-OH is 2. The van der Waals surface area contributed by atoms with Gasteiger partial charge in [-0.25, -0.2) is 0 Å². The summed E-state index contributed by atoms with van der Waals surface area (Å²) >= 11 is 0. The summed E-state index contributed by atoms with van der Waals surface area (Å²) in [6, 6.07) is -0.646. The van der Waals surface area contributed by atoms with Crippen molar-refractivity contribution in [3.63, 3.8) is 0 Å². The molecule has 0 bridgehead atoms. The number of rotatable bonds is 40. The van der Waals surface area contributed by atoms with Crippen LogP contribution in [0.2, 0.25) is 0 Å². The van der Waals surface area contributed by atoms with E-state index in [0.29, 0.717) is 19.4 Å². The third kappa shape index (κ3) is 37.9. The molecule has 3 N–H and O–H groups in total. The average molecular weight is 720 g/mol. The van der Waals surface area contributed by atoms with E-state index in [9.17, 15) is 19.8 Å². The van der Waals surface area contributed by atoms with Gasteiger partial charge in [0, 0.05) is 12.8 Å². The zero-order valence-electron chi connectivity index (χ0n) is 33.8. The topological polar surface area (TPSA) is 95.9 Å². The molecular weight excluding hydrogens is 634 g/mol. The monoisotopic (exact) mass is 720 g/mol. The number of aliphatic hydroxyl groups is 2. The summed E-state index contributed by atoms with van der Waals surface area (Å²) in [5.41, 5.74) is 0. The number of amides is 1. The molecule has 0 rings (SSSR count). The Labute approximate surface area is 316 Å². The zero-order valence-corrected chi connectivity index (χ0v) is 33.8. The Hall–Kier alpha value is -1.66. The minimum absolute atomic E-state index is 0.0376. The second kappa shape index (κ2) is 41.1. The van der Waals surface area contributed by atoms with Gasteiger partial charge in [0.15, 0.2) is 0 Å². The van der Waals surface area contributed by atoms with Crippen LogP contribution < -0.4 is 5.32 Å². The molecule has 0 saturated heterocycles. The Morgan fingerprint density at radius 1 is 0.529 bits per heavy atom. The SMILES string of the molecule is CCCCCC/C=C\CCCCCCCC(=O)OCCCCCCCCCCCC(=O)NC(CO)C(O)/C=C/CCCCCCCCCCCC. The molecule has 51 heavy (non-hydrogen) atoms. The van der Waals surface area contributed by atoms with Gasteiger partial charge >= 0.3 is 5.97 Å². The second-order valence-electron chi connectivity index (χ2n) is 15.0. The molecule has 1 amide bonds. The van der Waals surface area contributed by atoms with Gasteiger partial charge in [-0.2, -0.15) is 0 Å². The summed E-state index contributed by atoms with van der Waals surface area (Å²) in [6.07, 6.45) is 45.8. The normalized spacial score (nSPS) is 12.9. The van der Waals surface area contributed by atoms with Crippen LogP contribution in [0.3, 0.4) is 0 Å². The summed E-state index contributed by atoms with van der Waals surface area (Å²) in [5, 5.41) is 22.9. The number of unbranched alkanes of at least 4 members (excludes halogenated alkanes) is 27. The van der Waals surface area contributed by atoms with E-state index >= 15 is 0 Å². The molecule has 0 radical (unpaired) electrons. The van der Waals surface area contributed by atoms with Crippen molar-refractivity contribution < 1.29 is 24.5 Å². The van der Waals surface area contributed by atoms with E-state index < -0.39 is 12.1 Å². The quantitative estimate of drug-likeness (QED) is 0.0333. The molecule has 0 aromatic heterocycles. The van der Waals surface area contributed by atoms with Crippen LogP contribution in [-0.2, 0) is 14.3 Å². The number of nitrogens with one attached hydrogen (secondary N) is 1. The fourth-order valence-corrected chi connectivity index (χ4v) is 6.51. The second-order valence-corrected chi connectivity index (χ2v) is 15.0. The van der Waals surface area contributed by atoms with Crippen molar-refractivity contribution in [1.82, 2.24) is 5.32 Å². The highest BCUT2D eigenvalue weighted by molar-refractivity contribution is 5.76. The first-order valence-electron chi connectivity index (χ1n) is 22.1. The van der Waals surface area contributed by atoms with Gasteiger partial charge < -0.3 is 20.3 Å². The molecular formula is C45H85NO5.